The monoisotopic (exact) mass is 408 g/mol. The first-order valence-electron chi connectivity index (χ1n) is 9.96. The number of rotatable bonds is 5. The first-order chi connectivity index (χ1) is 14.0. The van der Waals surface area contributed by atoms with Gasteiger partial charge in [-0.3, -0.25) is 14.6 Å². The van der Waals surface area contributed by atoms with Gasteiger partial charge in [0, 0.05) is 17.1 Å². The van der Waals surface area contributed by atoms with Gasteiger partial charge >= 0.3 is 0 Å². The molecule has 6 nitrogen and oxygen atoms in total. The van der Waals surface area contributed by atoms with Crippen molar-refractivity contribution in [2.75, 3.05) is 0 Å². The van der Waals surface area contributed by atoms with Crippen molar-refractivity contribution in [3.8, 4) is 11.5 Å². The van der Waals surface area contributed by atoms with E-state index in [9.17, 15) is 9.59 Å². The summed E-state index contributed by atoms with van der Waals surface area (Å²) >= 11 is 1.59. The number of hydrogen-bond donors (Lipinski definition) is 2. The zero-order valence-electron chi connectivity index (χ0n) is 16.6. The van der Waals surface area contributed by atoms with Crippen LogP contribution in [-0.4, -0.2) is 20.9 Å². The third-order valence-corrected chi connectivity index (χ3v) is 6.40. The molecule has 0 fully saturated rings. The smallest absolute Gasteiger partial charge is 0.261 e. The molecule has 1 aliphatic rings. The highest BCUT2D eigenvalue weighted by Crippen LogP contribution is 2.30. The molecular weight excluding hydrogens is 384 g/mol. The summed E-state index contributed by atoms with van der Waals surface area (Å²) in [6, 6.07) is 8.55. The number of nitrogens with zero attached hydrogens (tertiary/aromatic N) is 2. The molecule has 7 heteroatoms. The molecule has 0 radical (unpaired) electrons. The first kappa shape index (κ1) is 19.5. The normalized spacial score (nSPS) is 14.4. The van der Waals surface area contributed by atoms with Crippen molar-refractivity contribution in [2.45, 2.75) is 45.6 Å². The van der Waals surface area contributed by atoms with E-state index in [0.717, 1.165) is 17.7 Å². The lowest BCUT2D eigenvalue weighted by atomic mass is 9.99. The van der Waals surface area contributed by atoms with Gasteiger partial charge in [-0.15, -0.1) is 11.3 Å². The zero-order valence-corrected chi connectivity index (χ0v) is 17.4. The molecule has 150 valence electrons. The average Bonchev–Trinajstić information content (AvgIpc) is 3.16. The van der Waals surface area contributed by atoms with Crippen LogP contribution < -0.4 is 10.9 Å². The Morgan fingerprint density at radius 1 is 1.21 bits per heavy atom. The van der Waals surface area contributed by atoms with Gasteiger partial charge in [0.1, 0.15) is 5.69 Å². The van der Waals surface area contributed by atoms with E-state index in [2.05, 4.69) is 20.3 Å². The van der Waals surface area contributed by atoms with Crippen molar-refractivity contribution < 1.29 is 4.79 Å². The Labute approximate surface area is 173 Å². The maximum atomic E-state index is 13.0. The van der Waals surface area contributed by atoms with Crippen LogP contribution in [-0.2, 0) is 12.8 Å². The van der Waals surface area contributed by atoms with E-state index in [1.165, 1.54) is 29.3 Å². The maximum absolute atomic E-state index is 13.0. The minimum Gasteiger partial charge on any atom is -0.343 e. The molecule has 29 heavy (non-hydrogen) atoms. The van der Waals surface area contributed by atoms with Crippen LogP contribution in [0.15, 0.2) is 41.3 Å². The Bertz CT molecular complexity index is 1050. The van der Waals surface area contributed by atoms with Gasteiger partial charge in [0.15, 0.2) is 5.82 Å². The lowest BCUT2D eigenvalue weighted by molar-refractivity contribution is 0.0928. The summed E-state index contributed by atoms with van der Waals surface area (Å²) in [5, 5.41) is 3.10. The lowest BCUT2D eigenvalue weighted by Crippen LogP contribution is -2.33. The van der Waals surface area contributed by atoms with Gasteiger partial charge in [0.25, 0.3) is 11.5 Å². The molecule has 0 aromatic carbocycles. The number of carbonyl (C=O) groups excluding carboxylic acids is 1. The van der Waals surface area contributed by atoms with Gasteiger partial charge in [-0.1, -0.05) is 19.9 Å². The van der Waals surface area contributed by atoms with E-state index in [1.807, 2.05) is 32.0 Å². The molecule has 3 aromatic heterocycles. The van der Waals surface area contributed by atoms with Gasteiger partial charge in [0.05, 0.1) is 16.6 Å². The van der Waals surface area contributed by atoms with Crippen molar-refractivity contribution in [3.63, 3.8) is 0 Å². The van der Waals surface area contributed by atoms with Crippen molar-refractivity contribution in [2.24, 2.45) is 5.92 Å². The highest BCUT2D eigenvalue weighted by molar-refractivity contribution is 7.14. The fourth-order valence-corrected chi connectivity index (χ4v) is 4.81. The second kappa shape index (κ2) is 8.29. The largest absolute Gasteiger partial charge is 0.343 e. The third kappa shape index (κ3) is 4.29. The van der Waals surface area contributed by atoms with Crippen LogP contribution in [0, 0.1) is 5.92 Å². The third-order valence-electron chi connectivity index (χ3n) is 5.16. The van der Waals surface area contributed by atoms with Crippen molar-refractivity contribution >= 4 is 17.2 Å². The van der Waals surface area contributed by atoms with E-state index in [0.29, 0.717) is 17.2 Å². The Morgan fingerprint density at radius 2 is 2.03 bits per heavy atom. The van der Waals surface area contributed by atoms with Gasteiger partial charge in [-0.2, -0.15) is 0 Å². The van der Waals surface area contributed by atoms with Crippen LogP contribution in [0.4, 0.5) is 0 Å². The van der Waals surface area contributed by atoms with E-state index in [4.69, 9.17) is 0 Å². The predicted molar refractivity (Wildman–Crippen MR) is 114 cm³/mol. The van der Waals surface area contributed by atoms with Crippen LogP contribution in [0.2, 0.25) is 0 Å². The molecule has 0 unspecified atom stereocenters. The molecule has 0 saturated heterocycles. The Balaban J connectivity index is 1.62. The summed E-state index contributed by atoms with van der Waals surface area (Å²) in [5.41, 5.74) is 2.17. The first-order valence-corrected chi connectivity index (χ1v) is 10.8. The van der Waals surface area contributed by atoms with E-state index in [-0.39, 0.29) is 23.4 Å². The summed E-state index contributed by atoms with van der Waals surface area (Å²) < 4.78 is 0. The van der Waals surface area contributed by atoms with Crippen LogP contribution in [0.5, 0.6) is 0 Å². The van der Waals surface area contributed by atoms with Gasteiger partial charge in [-0.25, -0.2) is 4.98 Å². The molecule has 3 heterocycles. The molecule has 1 atom stereocenters. The van der Waals surface area contributed by atoms with Crippen LogP contribution in [0.1, 0.15) is 58.5 Å². The van der Waals surface area contributed by atoms with Gasteiger partial charge in [-0.05, 0) is 55.4 Å². The van der Waals surface area contributed by atoms with Crippen molar-refractivity contribution in [1.82, 2.24) is 20.3 Å². The molecule has 0 aliphatic heterocycles. The van der Waals surface area contributed by atoms with E-state index in [1.54, 1.807) is 23.6 Å². The Hall–Kier alpha value is -2.80. The number of aryl methyl sites for hydroxylation is 2. The molecular formula is C22H24N4O2S. The highest BCUT2D eigenvalue weighted by Gasteiger charge is 2.24. The minimum atomic E-state index is -0.369. The SMILES string of the molecule is CC(C)[C@H](NC(=O)c1cc2c(s1)CCCC2)c1cc(=O)[nH]c(-c2ccccn2)n1. The fourth-order valence-electron chi connectivity index (χ4n) is 3.66. The predicted octanol–water partition coefficient (Wildman–Crippen LogP) is 3.90. The maximum Gasteiger partial charge on any atom is 0.261 e. The lowest BCUT2D eigenvalue weighted by Gasteiger charge is -2.22. The van der Waals surface area contributed by atoms with Crippen molar-refractivity contribution in [3.05, 3.63) is 67.9 Å². The highest BCUT2D eigenvalue weighted by atomic mass is 32.1. The number of pyridine rings is 1. The van der Waals surface area contributed by atoms with Crippen molar-refractivity contribution in [1.29, 1.82) is 0 Å². The van der Waals surface area contributed by atoms with E-state index >= 15 is 0 Å². The number of carbonyl (C=O) groups is 1. The number of fused-ring (bicyclic) bond motifs is 1. The molecule has 0 saturated carbocycles. The number of thiophene rings is 1. The summed E-state index contributed by atoms with van der Waals surface area (Å²) in [4.78, 5) is 38.9. The summed E-state index contributed by atoms with van der Waals surface area (Å²) in [5.74, 6) is 0.364. The van der Waals surface area contributed by atoms with Gasteiger partial charge in [0.2, 0.25) is 0 Å². The second-order valence-electron chi connectivity index (χ2n) is 7.70. The van der Waals surface area contributed by atoms with Gasteiger partial charge < -0.3 is 10.3 Å². The topological polar surface area (TPSA) is 87.7 Å². The molecule has 4 rings (SSSR count). The standard InChI is InChI=1S/C22H24N4O2S/c1-13(2)20(26-22(28)18-11-14-7-3-4-9-17(14)29-18)16-12-19(27)25-21(24-16)15-8-5-6-10-23-15/h5-6,8,10-13,20H,3-4,7,9H2,1-2H3,(H,26,28)(H,24,25,27)/t20-/m0/s1. The Morgan fingerprint density at radius 3 is 2.76 bits per heavy atom. The quantitative estimate of drug-likeness (QED) is 0.670. The zero-order chi connectivity index (χ0) is 20.4. The molecule has 0 spiro atoms. The molecule has 2 N–H and O–H groups in total. The average molecular weight is 409 g/mol. The summed E-state index contributed by atoms with van der Waals surface area (Å²) in [6.45, 7) is 4.02. The number of aromatic nitrogens is 3. The number of nitrogens with one attached hydrogen (secondary N) is 2. The molecule has 0 bridgehead atoms. The number of H-pyrrole nitrogens is 1. The van der Waals surface area contributed by atoms with Crippen LogP contribution >= 0.6 is 11.3 Å². The second-order valence-corrected chi connectivity index (χ2v) is 8.83. The minimum absolute atomic E-state index is 0.0689. The number of hydrogen-bond acceptors (Lipinski definition) is 5. The number of amides is 1. The summed E-state index contributed by atoms with van der Waals surface area (Å²) in [6.07, 6.45) is 6.14. The summed E-state index contributed by atoms with van der Waals surface area (Å²) in [7, 11) is 0. The number of aromatic amines is 1. The Kier molecular flexibility index (Phi) is 5.58. The van der Waals surface area contributed by atoms with E-state index < -0.39 is 0 Å². The van der Waals surface area contributed by atoms with Crippen LogP contribution in [0.3, 0.4) is 0 Å². The molecule has 3 aromatic rings. The van der Waals surface area contributed by atoms with Crippen LogP contribution in [0.25, 0.3) is 11.5 Å². The molecule has 1 aliphatic carbocycles. The molecule has 1 amide bonds. The fraction of sp³-hybridized carbons (Fsp3) is 0.364.